The molecule has 6 nitrogen and oxygen atoms in total. The molecule has 1 aliphatic carbocycles. The van der Waals surface area contributed by atoms with Crippen molar-refractivity contribution in [2.24, 2.45) is 5.92 Å². The van der Waals surface area contributed by atoms with Gasteiger partial charge in [-0.2, -0.15) is 0 Å². The summed E-state index contributed by atoms with van der Waals surface area (Å²) in [6.45, 7) is 5.27. The Balaban J connectivity index is 1.49. The normalized spacial score (nSPS) is 15.7. The van der Waals surface area contributed by atoms with Crippen molar-refractivity contribution in [3.63, 3.8) is 0 Å². The molecule has 2 heterocycles. The molecule has 1 aromatic carbocycles. The van der Waals surface area contributed by atoms with E-state index >= 15 is 0 Å². The van der Waals surface area contributed by atoms with Gasteiger partial charge in [0, 0.05) is 6.54 Å². The van der Waals surface area contributed by atoms with Crippen molar-refractivity contribution >= 4 is 17.7 Å². The maximum atomic E-state index is 12.7. The van der Waals surface area contributed by atoms with E-state index in [0.29, 0.717) is 12.5 Å². The van der Waals surface area contributed by atoms with Crippen molar-refractivity contribution in [3.8, 4) is 11.4 Å². The lowest BCUT2D eigenvalue weighted by Gasteiger charge is -2.22. The summed E-state index contributed by atoms with van der Waals surface area (Å²) in [5.41, 5.74) is 2.07. The quantitative estimate of drug-likeness (QED) is 0.497. The fourth-order valence-electron chi connectivity index (χ4n) is 4.09. The minimum atomic E-state index is -0.249. The van der Waals surface area contributed by atoms with Gasteiger partial charge < -0.3 is 9.73 Å². The van der Waals surface area contributed by atoms with Crippen molar-refractivity contribution < 1.29 is 9.21 Å². The fourth-order valence-corrected chi connectivity index (χ4v) is 4.96. The van der Waals surface area contributed by atoms with Crippen molar-refractivity contribution in [2.75, 3.05) is 6.54 Å². The third-order valence-corrected chi connectivity index (χ3v) is 7.02. The molecule has 1 atom stereocenters. The van der Waals surface area contributed by atoms with Gasteiger partial charge in [-0.25, -0.2) is 0 Å². The van der Waals surface area contributed by atoms with Gasteiger partial charge in [-0.15, -0.1) is 10.2 Å². The number of hydrogen-bond acceptors (Lipinski definition) is 5. The highest BCUT2D eigenvalue weighted by molar-refractivity contribution is 8.00. The predicted molar refractivity (Wildman–Crippen MR) is 123 cm³/mol. The SMILES string of the molecule is Cc1occc1-c1nnc(SC(C)C(=O)NCC2CCCCC2)n1Cc1ccccc1. The van der Waals surface area contributed by atoms with Gasteiger partial charge in [0.15, 0.2) is 11.0 Å². The summed E-state index contributed by atoms with van der Waals surface area (Å²) in [5, 5.41) is 12.5. The van der Waals surface area contributed by atoms with Gasteiger partial charge in [0.2, 0.25) is 5.91 Å². The molecule has 1 unspecified atom stereocenters. The van der Waals surface area contributed by atoms with E-state index in [-0.39, 0.29) is 11.2 Å². The number of nitrogens with one attached hydrogen (secondary N) is 1. The van der Waals surface area contributed by atoms with Crippen molar-refractivity contribution in [2.45, 2.75) is 62.9 Å². The fraction of sp³-hybridized carbons (Fsp3) is 0.458. The second-order valence-corrected chi connectivity index (χ2v) is 9.59. The summed E-state index contributed by atoms with van der Waals surface area (Å²) < 4.78 is 7.56. The third-order valence-electron chi connectivity index (χ3n) is 5.94. The van der Waals surface area contributed by atoms with Gasteiger partial charge in [-0.3, -0.25) is 9.36 Å². The first-order chi connectivity index (χ1) is 15.1. The van der Waals surface area contributed by atoms with E-state index in [1.54, 1.807) is 6.26 Å². The molecule has 1 fully saturated rings. The van der Waals surface area contributed by atoms with Crippen molar-refractivity contribution in [1.29, 1.82) is 0 Å². The minimum Gasteiger partial charge on any atom is -0.469 e. The Morgan fingerprint density at radius 1 is 1.19 bits per heavy atom. The van der Waals surface area contributed by atoms with Crippen LogP contribution in [0.15, 0.2) is 52.2 Å². The van der Waals surface area contributed by atoms with Gasteiger partial charge in [0.1, 0.15) is 5.76 Å². The first-order valence-corrected chi connectivity index (χ1v) is 12.0. The highest BCUT2D eigenvalue weighted by Crippen LogP contribution is 2.30. The predicted octanol–water partition coefficient (Wildman–Crippen LogP) is 5.07. The molecule has 1 N–H and O–H groups in total. The summed E-state index contributed by atoms with van der Waals surface area (Å²) in [4.78, 5) is 12.7. The second kappa shape index (κ2) is 10.2. The summed E-state index contributed by atoms with van der Waals surface area (Å²) >= 11 is 1.45. The topological polar surface area (TPSA) is 72.9 Å². The van der Waals surface area contributed by atoms with Crippen molar-refractivity contribution in [3.05, 3.63) is 54.0 Å². The number of amides is 1. The average molecular weight is 439 g/mol. The number of benzene rings is 1. The van der Waals surface area contributed by atoms with Gasteiger partial charge in [0.05, 0.1) is 23.6 Å². The van der Waals surface area contributed by atoms with E-state index in [2.05, 4.69) is 32.2 Å². The maximum absolute atomic E-state index is 12.7. The summed E-state index contributed by atoms with van der Waals surface area (Å²) in [7, 11) is 0. The average Bonchev–Trinajstić information content (AvgIpc) is 3.39. The molecule has 0 bridgehead atoms. The van der Waals surface area contributed by atoms with Crippen LogP contribution >= 0.6 is 11.8 Å². The van der Waals surface area contributed by atoms with Crippen LogP contribution in [0.4, 0.5) is 0 Å². The standard InChI is InChI=1S/C24H30N4O2S/c1-17-21(13-14-30-17)22-26-27-24(28(22)16-20-11-7-4-8-12-20)31-18(2)23(29)25-15-19-9-5-3-6-10-19/h4,7-8,11-14,18-19H,3,5-6,9-10,15-16H2,1-2H3,(H,25,29). The van der Waals surface area contributed by atoms with Crippen LogP contribution in [0.3, 0.4) is 0 Å². The molecule has 4 rings (SSSR count). The lowest BCUT2D eigenvalue weighted by atomic mass is 9.89. The van der Waals surface area contributed by atoms with Gasteiger partial charge >= 0.3 is 0 Å². The highest BCUT2D eigenvalue weighted by atomic mass is 32.2. The third kappa shape index (κ3) is 5.39. The maximum Gasteiger partial charge on any atom is 0.233 e. The van der Waals surface area contributed by atoms with Crippen LogP contribution in [-0.2, 0) is 11.3 Å². The number of nitrogens with zero attached hydrogens (tertiary/aromatic N) is 3. The molecule has 3 aromatic rings. The van der Waals surface area contributed by atoms with Crippen LogP contribution < -0.4 is 5.32 Å². The Bertz CT molecular complexity index is 992. The molecule has 164 valence electrons. The molecular formula is C24H30N4O2S. The Morgan fingerprint density at radius 3 is 2.68 bits per heavy atom. The number of aryl methyl sites for hydroxylation is 1. The van der Waals surface area contributed by atoms with E-state index in [1.807, 2.05) is 38.1 Å². The summed E-state index contributed by atoms with van der Waals surface area (Å²) in [5.74, 6) is 2.24. The summed E-state index contributed by atoms with van der Waals surface area (Å²) in [6, 6.07) is 12.1. The molecule has 2 aromatic heterocycles. The van der Waals surface area contributed by atoms with Crippen LogP contribution in [0.2, 0.25) is 0 Å². The molecule has 1 amide bonds. The van der Waals surface area contributed by atoms with Gasteiger partial charge in [-0.05, 0) is 44.2 Å². The van der Waals surface area contributed by atoms with E-state index in [4.69, 9.17) is 4.42 Å². The monoisotopic (exact) mass is 438 g/mol. The Hall–Kier alpha value is -2.54. The zero-order chi connectivity index (χ0) is 21.6. The summed E-state index contributed by atoms with van der Waals surface area (Å²) in [6.07, 6.45) is 8.00. The zero-order valence-corrected chi connectivity index (χ0v) is 19.0. The number of carbonyl (C=O) groups is 1. The molecule has 7 heteroatoms. The van der Waals surface area contributed by atoms with E-state index in [1.165, 1.54) is 43.9 Å². The van der Waals surface area contributed by atoms with E-state index in [0.717, 1.165) is 34.4 Å². The van der Waals surface area contributed by atoms with E-state index < -0.39 is 0 Å². The van der Waals surface area contributed by atoms with Crippen molar-refractivity contribution in [1.82, 2.24) is 20.1 Å². The zero-order valence-electron chi connectivity index (χ0n) is 18.2. The number of aromatic nitrogens is 3. The number of rotatable bonds is 8. The van der Waals surface area contributed by atoms with Crippen LogP contribution in [0.25, 0.3) is 11.4 Å². The smallest absolute Gasteiger partial charge is 0.233 e. The molecule has 1 aliphatic rings. The molecule has 0 saturated heterocycles. The lowest BCUT2D eigenvalue weighted by molar-refractivity contribution is -0.120. The van der Waals surface area contributed by atoms with Crippen LogP contribution in [0.1, 0.15) is 50.4 Å². The number of carbonyl (C=O) groups excluding carboxylic acids is 1. The molecule has 0 radical (unpaired) electrons. The first-order valence-electron chi connectivity index (χ1n) is 11.1. The molecular weight excluding hydrogens is 408 g/mol. The second-order valence-electron chi connectivity index (χ2n) is 8.28. The molecule has 1 saturated carbocycles. The van der Waals surface area contributed by atoms with Crippen LogP contribution in [0, 0.1) is 12.8 Å². The van der Waals surface area contributed by atoms with E-state index in [9.17, 15) is 4.79 Å². The van der Waals surface area contributed by atoms with Crippen LogP contribution in [-0.4, -0.2) is 32.5 Å². The van der Waals surface area contributed by atoms with Gasteiger partial charge in [0.25, 0.3) is 0 Å². The molecule has 0 aliphatic heterocycles. The first kappa shape index (κ1) is 21.7. The Morgan fingerprint density at radius 2 is 1.97 bits per heavy atom. The molecule has 31 heavy (non-hydrogen) atoms. The van der Waals surface area contributed by atoms with Gasteiger partial charge in [-0.1, -0.05) is 61.4 Å². The number of hydrogen-bond donors (Lipinski definition) is 1. The number of thioether (sulfide) groups is 1. The highest BCUT2D eigenvalue weighted by Gasteiger charge is 2.23. The largest absolute Gasteiger partial charge is 0.469 e. The van der Waals surface area contributed by atoms with Crippen LogP contribution in [0.5, 0.6) is 0 Å². The minimum absolute atomic E-state index is 0.0610. The Kier molecular flexibility index (Phi) is 7.12. The Labute approximate surface area is 187 Å². The molecule has 0 spiro atoms. The number of furan rings is 1. The lowest BCUT2D eigenvalue weighted by Crippen LogP contribution is -2.35.